The topological polar surface area (TPSA) is 54.5 Å². The van der Waals surface area contributed by atoms with Crippen LogP contribution in [0.1, 0.15) is 11.3 Å². The van der Waals surface area contributed by atoms with Crippen LogP contribution in [0, 0.1) is 6.92 Å². The molecule has 0 saturated heterocycles. The summed E-state index contributed by atoms with van der Waals surface area (Å²) in [6, 6.07) is 18.2. The fraction of sp³-hybridized carbons (Fsp3) is 0.0952. The lowest BCUT2D eigenvalue weighted by molar-refractivity contribution is -0.137. The molecule has 1 N–H and O–H groups in total. The van der Waals surface area contributed by atoms with Crippen molar-refractivity contribution in [2.24, 2.45) is 0 Å². The first kappa shape index (κ1) is 17.9. The maximum atomic E-state index is 12.8. The van der Waals surface area contributed by atoms with Gasteiger partial charge in [-0.3, -0.25) is 5.10 Å². The lowest BCUT2D eigenvalue weighted by Gasteiger charge is -2.08. The molecule has 7 heteroatoms. The summed E-state index contributed by atoms with van der Waals surface area (Å²) in [5.41, 5.74) is 3.50. The third-order valence-electron chi connectivity index (χ3n) is 4.25. The van der Waals surface area contributed by atoms with E-state index in [2.05, 4.69) is 20.2 Å². The second-order valence-corrected chi connectivity index (χ2v) is 6.33. The van der Waals surface area contributed by atoms with Gasteiger partial charge in [-0.25, -0.2) is 9.97 Å². The van der Waals surface area contributed by atoms with Crippen molar-refractivity contribution in [1.29, 1.82) is 0 Å². The molecule has 2 aromatic carbocycles. The molecular formula is C21H15F3N4. The minimum atomic E-state index is -4.37. The average Bonchev–Trinajstić information content (AvgIpc) is 3.18. The van der Waals surface area contributed by atoms with Crippen LogP contribution in [0.25, 0.3) is 34.0 Å². The number of nitrogens with zero attached hydrogens (tertiary/aromatic N) is 3. The van der Waals surface area contributed by atoms with Gasteiger partial charge in [0.1, 0.15) is 5.69 Å². The number of benzene rings is 2. The maximum absolute atomic E-state index is 12.8. The van der Waals surface area contributed by atoms with Gasteiger partial charge in [0.25, 0.3) is 0 Å². The Hall–Kier alpha value is -3.48. The van der Waals surface area contributed by atoms with E-state index < -0.39 is 11.7 Å². The second-order valence-electron chi connectivity index (χ2n) is 6.33. The van der Waals surface area contributed by atoms with Crippen molar-refractivity contribution in [3.05, 3.63) is 78.0 Å². The normalized spacial score (nSPS) is 11.6. The Balaban J connectivity index is 1.69. The van der Waals surface area contributed by atoms with E-state index in [-0.39, 0.29) is 0 Å². The zero-order valence-corrected chi connectivity index (χ0v) is 14.8. The number of hydrogen-bond acceptors (Lipinski definition) is 3. The largest absolute Gasteiger partial charge is 0.416 e. The van der Waals surface area contributed by atoms with Crippen LogP contribution in [0.15, 0.2) is 66.7 Å². The summed E-state index contributed by atoms with van der Waals surface area (Å²) < 4.78 is 38.3. The SMILES string of the molecule is Cc1cc(-c2ccc(C(F)(F)F)cc2)nc(-c2cc(-c3ccccc3)n[nH]2)n1. The smallest absolute Gasteiger partial charge is 0.274 e. The number of halogens is 3. The Labute approximate surface area is 159 Å². The highest BCUT2D eigenvalue weighted by molar-refractivity contribution is 5.67. The molecule has 2 aromatic heterocycles. The van der Waals surface area contributed by atoms with Crippen molar-refractivity contribution in [3.63, 3.8) is 0 Å². The molecule has 4 rings (SSSR count). The molecule has 4 nitrogen and oxygen atoms in total. The number of aryl methyl sites for hydroxylation is 1. The van der Waals surface area contributed by atoms with E-state index in [4.69, 9.17) is 0 Å². The molecule has 2 heterocycles. The molecule has 0 atom stereocenters. The van der Waals surface area contributed by atoms with Crippen molar-refractivity contribution in [3.8, 4) is 34.0 Å². The molecule has 4 aromatic rings. The third-order valence-corrected chi connectivity index (χ3v) is 4.25. The Morgan fingerprint density at radius 3 is 2.14 bits per heavy atom. The van der Waals surface area contributed by atoms with Gasteiger partial charge >= 0.3 is 6.18 Å². The van der Waals surface area contributed by atoms with Crippen molar-refractivity contribution >= 4 is 0 Å². The first-order valence-electron chi connectivity index (χ1n) is 8.55. The highest BCUT2D eigenvalue weighted by Crippen LogP contribution is 2.31. The minimum Gasteiger partial charge on any atom is -0.274 e. The molecule has 28 heavy (non-hydrogen) atoms. The molecule has 0 aliphatic rings. The van der Waals surface area contributed by atoms with E-state index in [1.807, 2.05) is 43.3 Å². The molecule has 0 aliphatic carbocycles. The number of hydrogen-bond donors (Lipinski definition) is 1. The van der Waals surface area contributed by atoms with Crippen LogP contribution < -0.4 is 0 Å². The molecule has 140 valence electrons. The van der Waals surface area contributed by atoms with Gasteiger partial charge in [-0.2, -0.15) is 18.3 Å². The first-order chi connectivity index (χ1) is 13.4. The Morgan fingerprint density at radius 1 is 0.786 bits per heavy atom. The quantitative estimate of drug-likeness (QED) is 0.509. The summed E-state index contributed by atoms with van der Waals surface area (Å²) in [6.45, 7) is 1.81. The molecule has 0 radical (unpaired) electrons. The van der Waals surface area contributed by atoms with E-state index in [0.717, 1.165) is 23.4 Å². The van der Waals surface area contributed by atoms with E-state index in [1.165, 1.54) is 12.1 Å². The summed E-state index contributed by atoms with van der Waals surface area (Å²) in [4.78, 5) is 8.94. The van der Waals surface area contributed by atoms with Crippen molar-refractivity contribution in [2.45, 2.75) is 13.1 Å². The predicted molar refractivity (Wildman–Crippen MR) is 100 cm³/mol. The lowest BCUT2D eigenvalue weighted by Crippen LogP contribution is -2.04. The molecular weight excluding hydrogens is 365 g/mol. The highest BCUT2D eigenvalue weighted by Gasteiger charge is 2.30. The maximum Gasteiger partial charge on any atom is 0.416 e. The first-order valence-corrected chi connectivity index (χ1v) is 8.55. The van der Waals surface area contributed by atoms with Crippen LogP contribution in [0.2, 0.25) is 0 Å². The van der Waals surface area contributed by atoms with E-state index in [9.17, 15) is 13.2 Å². The highest BCUT2D eigenvalue weighted by atomic mass is 19.4. The summed E-state index contributed by atoms with van der Waals surface area (Å²) >= 11 is 0. The van der Waals surface area contributed by atoms with Crippen molar-refractivity contribution in [1.82, 2.24) is 20.2 Å². The Bertz CT molecular complexity index is 1100. The average molecular weight is 380 g/mol. The fourth-order valence-corrected chi connectivity index (χ4v) is 2.86. The van der Waals surface area contributed by atoms with Gasteiger partial charge in [0.2, 0.25) is 0 Å². The number of nitrogens with one attached hydrogen (secondary N) is 1. The Morgan fingerprint density at radius 2 is 1.46 bits per heavy atom. The van der Waals surface area contributed by atoms with Crippen LogP contribution in [0.4, 0.5) is 13.2 Å². The summed E-state index contributed by atoms with van der Waals surface area (Å²) in [7, 11) is 0. The van der Waals surface area contributed by atoms with Crippen molar-refractivity contribution in [2.75, 3.05) is 0 Å². The molecule has 0 fully saturated rings. The standard InChI is InChI=1S/C21H15F3N4/c1-13-11-17(15-7-9-16(10-8-15)21(22,23)24)26-20(25-13)19-12-18(27-28-19)14-5-3-2-4-6-14/h2-12H,1H3,(H,27,28). The predicted octanol–water partition coefficient (Wildman–Crippen LogP) is 5.53. The monoisotopic (exact) mass is 380 g/mol. The van der Waals surface area contributed by atoms with Crippen LogP contribution in [-0.2, 0) is 6.18 Å². The van der Waals surface area contributed by atoms with Gasteiger partial charge in [-0.15, -0.1) is 0 Å². The minimum absolute atomic E-state index is 0.435. The van der Waals surface area contributed by atoms with Gasteiger partial charge in [0.05, 0.1) is 17.0 Å². The molecule has 0 aliphatic heterocycles. The molecule has 0 unspecified atom stereocenters. The van der Waals surface area contributed by atoms with Gasteiger partial charge in [0, 0.05) is 16.8 Å². The second kappa shape index (κ2) is 6.92. The number of alkyl halides is 3. The van der Waals surface area contributed by atoms with Crippen molar-refractivity contribution < 1.29 is 13.2 Å². The fourth-order valence-electron chi connectivity index (χ4n) is 2.86. The molecule has 0 saturated carbocycles. The Kier molecular flexibility index (Phi) is 4.43. The van der Waals surface area contributed by atoms with Crippen LogP contribution in [-0.4, -0.2) is 20.2 Å². The number of rotatable bonds is 3. The zero-order chi connectivity index (χ0) is 19.7. The summed E-state index contributed by atoms with van der Waals surface area (Å²) in [6.07, 6.45) is -4.37. The molecule has 0 spiro atoms. The zero-order valence-electron chi connectivity index (χ0n) is 14.8. The van der Waals surface area contributed by atoms with Gasteiger partial charge in [0.15, 0.2) is 5.82 Å². The molecule has 0 amide bonds. The summed E-state index contributed by atoms with van der Waals surface area (Å²) in [5, 5.41) is 7.24. The van der Waals surface area contributed by atoms with Gasteiger partial charge in [-0.05, 0) is 31.2 Å². The number of aromatic nitrogens is 4. The summed E-state index contributed by atoms with van der Waals surface area (Å²) in [5.74, 6) is 0.435. The third kappa shape index (κ3) is 3.64. The van der Waals surface area contributed by atoms with E-state index >= 15 is 0 Å². The number of aromatic amines is 1. The van der Waals surface area contributed by atoms with Crippen LogP contribution in [0.5, 0.6) is 0 Å². The van der Waals surface area contributed by atoms with Crippen LogP contribution >= 0.6 is 0 Å². The van der Waals surface area contributed by atoms with Gasteiger partial charge in [-0.1, -0.05) is 42.5 Å². The number of H-pyrrole nitrogens is 1. The van der Waals surface area contributed by atoms with Crippen LogP contribution in [0.3, 0.4) is 0 Å². The lowest BCUT2D eigenvalue weighted by atomic mass is 10.1. The van der Waals surface area contributed by atoms with Gasteiger partial charge < -0.3 is 0 Å². The van der Waals surface area contributed by atoms with E-state index in [0.29, 0.717) is 28.5 Å². The molecule has 0 bridgehead atoms. The van der Waals surface area contributed by atoms with E-state index in [1.54, 1.807) is 6.07 Å².